The Balaban J connectivity index is 1.86. The highest BCUT2D eigenvalue weighted by atomic mass is 16.3. The number of nitrogens with one attached hydrogen (secondary N) is 2. The van der Waals surface area contributed by atoms with Gasteiger partial charge in [0, 0.05) is 11.6 Å². The average Bonchev–Trinajstić information content (AvgIpc) is 3.13. The second kappa shape index (κ2) is 5.08. The molecule has 18 heavy (non-hydrogen) atoms. The molecule has 1 aromatic carbocycles. The van der Waals surface area contributed by atoms with Gasteiger partial charge >= 0.3 is 0 Å². The normalized spacial score (nSPS) is 14.1. The standard InChI is InChI=1S/C13H16N2O3/c1-8-2-3-9(6-11(8)16)13(18)14-7-12(17)15-10-4-5-10/h2-3,6,10,16H,4-5,7H2,1H3,(H,14,18)(H,15,17). The van der Waals surface area contributed by atoms with Gasteiger partial charge in [-0.15, -0.1) is 0 Å². The van der Waals surface area contributed by atoms with Crippen LogP contribution in [0.1, 0.15) is 28.8 Å². The van der Waals surface area contributed by atoms with E-state index in [-0.39, 0.29) is 30.2 Å². The van der Waals surface area contributed by atoms with Gasteiger partial charge in [0.15, 0.2) is 0 Å². The third-order valence-corrected chi connectivity index (χ3v) is 2.82. The summed E-state index contributed by atoms with van der Waals surface area (Å²) in [5.74, 6) is -0.469. The monoisotopic (exact) mass is 248 g/mol. The Kier molecular flexibility index (Phi) is 3.50. The molecular weight excluding hydrogens is 232 g/mol. The maximum absolute atomic E-state index is 11.7. The fourth-order valence-electron chi connectivity index (χ4n) is 1.52. The van der Waals surface area contributed by atoms with Crippen LogP contribution in [0.15, 0.2) is 18.2 Å². The summed E-state index contributed by atoms with van der Waals surface area (Å²) in [5.41, 5.74) is 1.05. The van der Waals surface area contributed by atoms with Crippen LogP contribution in [0.2, 0.25) is 0 Å². The van der Waals surface area contributed by atoms with E-state index >= 15 is 0 Å². The molecule has 0 spiro atoms. The molecule has 0 atom stereocenters. The number of hydrogen-bond donors (Lipinski definition) is 3. The van der Waals surface area contributed by atoms with Crippen LogP contribution in [0, 0.1) is 6.92 Å². The van der Waals surface area contributed by atoms with Gasteiger partial charge in [-0.05, 0) is 37.5 Å². The van der Waals surface area contributed by atoms with E-state index in [9.17, 15) is 14.7 Å². The topological polar surface area (TPSA) is 78.4 Å². The molecule has 2 amide bonds. The first-order valence-corrected chi connectivity index (χ1v) is 5.93. The Morgan fingerprint density at radius 2 is 2.11 bits per heavy atom. The second-order valence-electron chi connectivity index (χ2n) is 4.53. The number of hydrogen-bond acceptors (Lipinski definition) is 3. The van der Waals surface area contributed by atoms with Gasteiger partial charge in [0.1, 0.15) is 5.75 Å². The lowest BCUT2D eigenvalue weighted by Gasteiger charge is -2.07. The summed E-state index contributed by atoms with van der Waals surface area (Å²) in [5, 5.41) is 14.8. The zero-order chi connectivity index (χ0) is 13.1. The number of carbonyl (C=O) groups excluding carboxylic acids is 2. The first kappa shape index (κ1) is 12.4. The highest BCUT2D eigenvalue weighted by Gasteiger charge is 2.23. The smallest absolute Gasteiger partial charge is 0.251 e. The molecule has 1 aromatic rings. The van der Waals surface area contributed by atoms with E-state index in [0.717, 1.165) is 12.8 Å². The van der Waals surface area contributed by atoms with Crippen molar-refractivity contribution in [3.63, 3.8) is 0 Å². The molecule has 0 radical (unpaired) electrons. The summed E-state index contributed by atoms with van der Waals surface area (Å²) in [6.45, 7) is 1.71. The Morgan fingerprint density at radius 1 is 1.39 bits per heavy atom. The molecule has 0 unspecified atom stereocenters. The number of benzene rings is 1. The SMILES string of the molecule is Cc1ccc(C(=O)NCC(=O)NC2CC2)cc1O. The van der Waals surface area contributed by atoms with E-state index in [1.54, 1.807) is 19.1 Å². The van der Waals surface area contributed by atoms with Crippen molar-refractivity contribution in [1.82, 2.24) is 10.6 Å². The lowest BCUT2D eigenvalue weighted by atomic mass is 10.1. The molecule has 96 valence electrons. The Bertz CT molecular complexity index is 481. The van der Waals surface area contributed by atoms with Gasteiger partial charge in [0.25, 0.3) is 5.91 Å². The van der Waals surface area contributed by atoms with Crippen LogP contribution in [-0.2, 0) is 4.79 Å². The molecule has 3 N–H and O–H groups in total. The van der Waals surface area contributed by atoms with Crippen molar-refractivity contribution in [1.29, 1.82) is 0 Å². The quantitative estimate of drug-likeness (QED) is 0.734. The largest absolute Gasteiger partial charge is 0.508 e. The number of carbonyl (C=O) groups is 2. The van der Waals surface area contributed by atoms with Gasteiger partial charge in [-0.2, -0.15) is 0 Å². The van der Waals surface area contributed by atoms with Gasteiger partial charge in [0.2, 0.25) is 5.91 Å². The number of phenols is 1. The van der Waals surface area contributed by atoms with Crippen molar-refractivity contribution in [2.24, 2.45) is 0 Å². The molecule has 0 aliphatic heterocycles. The van der Waals surface area contributed by atoms with Crippen LogP contribution < -0.4 is 10.6 Å². The third kappa shape index (κ3) is 3.23. The van der Waals surface area contributed by atoms with Crippen molar-refractivity contribution >= 4 is 11.8 Å². The highest BCUT2D eigenvalue weighted by Crippen LogP contribution is 2.18. The summed E-state index contributed by atoms with van der Waals surface area (Å²) in [4.78, 5) is 23.1. The predicted octanol–water partition coefficient (Wildman–Crippen LogP) is 0.709. The van der Waals surface area contributed by atoms with E-state index in [1.807, 2.05) is 0 Å². The van der Waals surface area contributed by atoms with Gasteiger partial charge in [0.05, 0.1) is 6.54 Å². The number of amides is 2. The lowest BCUT2D eigenvalue weighted by Crippen LogP contribution is -2.37. The number of rotatable bonds is 4. The van der Waals surface area contributed by atoms with Crippen LogP contribution in [-0.4, -0.2) is 29.5 Å². The Hall–Kier alpha value is -2.04. The van der Waals surface area contributed by atoms with Crippen LogP contribution in [0.4, 0.5) is 0 Å². The first-order valence-electron chi connectivity index (χ1n) is 5.93. The molecule has 5 nitrogen and oxygen atoms in total. The molecule has 1 aliphatic carbocycles. The van der Waals surface area contributed by atoms with Crippen molar-refractivity contribution in [3.05, 3.63) is 29.3 Å². The lowest BCUT2D eigenvalue weighted by molar-refractivity contribution is -0.120. The molecule has 0 bridgehead atoms. The molecule has 5 heteroatoms. The Labute approximate surface area is 105 Å². The van der Waals surface area contributed by atoms with Gasteiger partial charge < -0.3 is 15.7 Å². The van der Waals surface area contributed by atoms with Crippen molar-refractivity contribution in [2.45, 2.75) is 25.8 Å². The molecular formula is C13H16N2O3. The zero-order valence-electron chi connectivity index (χ0n) is 10.2. The van der Waals surface area contributed by atoms with Gasteiger partial charge in [-0.25, -0.2) is 0 Å². The van der Waals surface area contributed by atoms with Crippen LogP contribution in [0.5, 0.6) is 5.75 Å². The van der Waals surface area contributed by atoms with E-state index in [0.29, 0.717) is 11.1 Å². The van der Waals surface area contributed by atoms with Crippen LogP contribution >= 0.6 is 0 Å². The molecule has 1 fully saturated rings. The van der Waals surface area contributed by atoms with E-state index in [2.05, 4.69) is 10.6 Å². The second-order valence-corrected chi connectivity index (χ2v) is 4.53. The molecule has 1 aliphatic rings. The minimum atomic E-state index is -0.365. The highest BCUT2D eigenvalue weighted by molar-refractivity contribution is 5.96. The summed E-state index contributed by atoms with van der Waals surface area (Å²) < 4.78 is 0. The summed E-state index contributed by atoms with van der Waals surface area (Å²) in [6.07, 6.45) is 2.04. The number of aromatic hydroxyl groups is 1. The maximum atomic E-state index is 11.7. The molecule has 2 rings (SSSR count). The van der Waals surface area contributed by atoms with Crippen molar-refractivity contribution in [3.8, 4) is 5.75 Å². The zero-order valence-corrected chi connectivity index (χ0v) is 10.2. The fraction of sp³-hybridized carbons (Fsp3) is 0.385. The predicted molar refractivity (Wildman–Crippen MR) is 66.3 cm³/mol. The van der Waals surface area contributed by atoms with Crippen LogP contribution in [0.25, 0.3) is 0 Å². The summed E-state index contributed by atoms with van der Waals surface area (Å²) in [7, 11) is 0. The Morgan fingerprint density at radius 3 is 2.72 bits per heavy atom. The average molecular weight is 248 g/mol. The van der Waals surface area contributed by atoms with E-state index in [1.165, 1.54) is 6.07 Å². The summed E-state index contributed by atoms with van der Waals surface area (Å²) >= 11 is 0. The van der Waals surface area contributed by atoms with E-state index in [4.69, 9.17) is 0 Å². The van der Waals surface area contributed by atoms with Crippen molar-refractivity contribution in [2.75, 3.05) is 6.54 Å². The van der Waals surface area contributed by atoms with Gasteiger partial charge in [-0.1, -0.05) is 6.07 Å². The minimum Gasteiger partial charge on any atom is -0.508 e. The first-order chi connectivity index (χ1) is 8.56. The molecule has 1 saturated carbocycles. The fourth-order valence-corrected chi connectivity index (χ4v) is 1.52. The number of phenolic OH excluding ortho intramolecular Hbond substituents is 1. The molecule has 0 saturated heterocycles. The minimum absolute atomic E-state index is 0.0377. The molecule has 0 heterocycles. The van der Waals surface area contributed by atoms with Gasteiger partial charge in [-0.3, -0.25) is 9.59 Å². The summed E-state index contributed by atoms with van der Waals surface area (Å²) in [6, 6.07) is 4.96. The van der Waals surface area contributed by atoms with Crippen molar-refractivity contribution < 1.29 is 14.7 Å². The number of aryl methyl sites for hydroxylation is 1. The third-order valence-electron chi connectivity index (χ3n) is 2.82. The maximum Gasteiger partial charge on any atom is 0.251 e. The van der Waals surface area contributed by atoms with E-state index < -0.39 is 0 Å². The van der Waals surface area contributed by atoms with Crippen LogP contribution in [0.3, 0.4) is 0 Å². The molecule has 0 aromatic heterocycles.